The number of carbonyl (C=O) groups is 1. The van der Waals surface area contributed by atoms with Crippen LogP contribution in [0.4, 0.5) is 17.3 Å². The summed E-state index contributed by atoms with van der Waals surface area (Å²) in [5.41, 5.74) is 5.39. The van der Waals surface area contributed by atoms with Crippen molar-refractivity contribution in [2.45, 2.75) is 20.4 Å². The summed E-state index contributed by atoms with van der Waals surface area (Å²) in [5, 5.41) is 4.26. The number of hydrogen-bond acceptors (Lipinski definition) is 7. The molecule has 2 heterocycles. The fourth-order valence-electron chi connectivity index (χ4n) is 4.89. The molecule has 39 heavy (non-hydrogen) atoms. The maximum Gasteiger partial charge on any atom is 0.227 e. The standard InChI is InChI=1S/C29H32N6O3S/c1-3-35(39(37)38)26-12-10-23(11-13-26)27-9-5-7-24-19-30-29(32-28(24)27)31-25-8-4-6-22(18-25)20-33-14-16-34(17-15-33)21(2)36/h4-13,18-19H,3,14-17,20H2,1-2H3,(H,37,38)(H,30,31,32)/p-1. The molecule has 1 saturated heterocycles. The van der Waals surface area contributed by atoms with E-state index in [1.807, 2.05) is 47.4 Å². The van der Waals surface area contributed by atoms with Gasteiger partial charge < -0.3 is 19.1 Å². The Kier molecular flexibility index (Phi) is 8.16. The molecule has 1 aromatic heterocycles. The predicted octanol–water partition coefficient (Wildman–Crippen LogP) is 4.32. The molecule has 202 valence electrons. The molecular formula is C29H31N6O3S-. The lowest BCUT2D eigenvalue weighted by Gasteiger charge is -2.34. The first-order chi connectivity index (χ1) is 18.9. The highest BCUT2D eigenvalue weighted by molar-refractivity contribution is 7.80. The minimum atomic E-state index is -2.32. The average Bonchev–Trinajstić information content (AvgIpc) is 2.94. The van der Waals surface area contributed by atoms with Crippen LogP contribution in [-0.4, -0.2) is 67.2 Å². The summed E-state index contributed by atoms with van der Waals surface area (Å²) in [4.78, 5) is 25.2. The maximum atomic E-state index is 11.6. The Morgan fingerprint density at radius 1 is 1.05 bits per heavy atom. The number of nitrogens with zero attached hydrogens (tertiary/aromatic N) is 5. The van der Waals surface area contributed by atoms with Gasteiger partial charge in [-0.25, -0.2) is 9.97 Å². The molecule has 0 saturated carbocycles. The molecule has 1 fully saturated rings. The van der Waals surface area contributed by atoms with Gasteiger partial charge in [0.15, 0.2) is 0 Å². The molecule has 0 aliphatic carbocycles. The van der Waals surface area contributed by atoms with Gasteiger partial charge >= 0.3 is 0 Å². The molecule has 1 atom stereocenters. The summed E-state index contributed by atoms with van der Waals surface area (Å²) < 4.78 is 24.3. The molecule has 0 bridgehead atoms. The lowest BCUT2D eigenvalue weighted by molar-refractivity contribution is -0.130. The zero-order valence-electron chi connectivity index (χ0n) is 22.0. The second-order valence-corrected chi connectivity index (χ2v) is 10.4. The van der Waals surface area contributed by atoms with Crippen LogP contribution in [0.3, 0.4) is 0 Å². The Hall–Kier alpha value is -3.86. The smallest absolute Gasteiger partial charge is 0.227 e. The van der Waals surface area contributed by atoms with Crippen molar-refractivity contribution in [3.8, 4) is 11.1 Å². The molecule has 1 N–H and O–H groups in total. The van der Waals surface area contributed by atoms with E-state index in [0.717, 1.165) is 60.4 Å². The van der Waals surface area contributed by atoms with Crippen molar-refractivity contribution < 1.29 is 13.6 Å². The van der Waals surface area contributed by atoms with Gasteiger partial charge in [0.05, 0.1) is 5.52 Å². The summed E-state index contributed by atoms with van der Waals surface area (Å²) in [7, 11) is 0. The molecule has 0 spiro atoms. The van der Waals surface area contributed by atoms with Crippen LogP contribution in [0.15, 0.2) is 72.9 Å². The second kappa shape index (κ2) is 11.9. The van der Waals surface area contributed by atoms with Gasteiger partial charge in [0, 0.05) is 86.0 Å². The molecule has 1 aliphatic rings. The van der Waals surface area contributed by atoms with E-state index in [2.05, 4.69) is 27.3 Å². The zero-order valence-corrected chi connectivity index (χ0v) is 22.9. The Bertz CT molecular complexity index is 1490. The van der Waals surface area contributed by atoms with E-state index in [1.54, 1.807) is 32.2 Å². The van der Waals surface area contributed by atoms with Crippen molar-refractivity contribution in [1.29, 1.82) is 0 Å². The maximum absolute atomic E-state index is 11.6. The number of anilines is 3. The second-order valence-electron chi connectivity index (χ2n) is 9.50. The van der Waals surface area contributed by atoms with Gasteiger partial charge in [0.1, 0.15) is 0 Å². The average molecular weight is 544 g/mol. The SMILES string of the molecule is CCN(c1ccc(-c2cccc3cnc(Nc4cccc(CN5CCN(C(C)=O)CC5)c4)nc23)cc1)S(=O)[O-]. The summed E-state index contributed by atoms with van der Waals surface area (Å²) in [5.74, 6) is 0.634. The highest BCUT2D eigenvalue weighted by Gasteiger charge is 2.18. The van der Waals surface area contributed by atoms with Gasteiger partial charge in [-0.15, -0.1) is 0 Å². The Morgan fingerprint density at radius 2 is 1.79 bits per heavy atom. The fourth-order valence-corrected chi connectivity index (χ4v) is 5.39. The number of benzene rings is 3. The number of carbonyl (C=O) groups excluding carboxylic acids is 1. The molecule has 1 amide bonds. The lowest BCUT2D eigenvalue weighted by Crippen LogP contribution is -2.47. The number of aromatic nitrogens is 2. The van der Waals surface area contributed by atoms with Crippen LogP contribution in [0, 0.1) is 0 Å². The van der Waals surface area contributed by atoms with Crippen LogP contribution in [0.5, 0.6) is 0 Å². The third-order valence-electron chi connectivity index (χ3n) is 6.95. The molecule has 9 nitrogen and oxygen atoms in total. The van der Waals surface area contributed by atoms with Crippen molar-refractivity contribution in [3.05, 3.63) is 78.5 Å². The lowest BCUT2D eigenvalue weighted by atomic mass is 10.0. The number of rotatable bonds is 8. The molecule has 3 aromatic carbocycles. The Balaban J connectivity index is 1.34. The third-order valence-corrected chi connectivity index (χ3v) is 7.78. The van der Waals surface area contributed by atoms with Crippen LogP contribution < -0.4 is 9.62 Å². The van der Waals surface area contributed by atoms with E-state index in [4.69, 9.17) is 4.98 Å². The minimum Gasteiger partial charge on any atom is -0.755 e. The number of hydrogen-bond donors (Lipinski definition) is 1. The first-order valence-electron chi connectivity index (χ1n) is 13.0. The number of para-hydroxylation sites is 1. The fraction of sp³-hybridized carbons (Fsp3) is 0.276. The molecule has 1 unspecified atom stereocenters. The molecule has 1 aliphatic heterocycles. The van der Waals surface area contributed by atoms with Crippen LogP contribution in [0.25, 0.3) is 22.0 Å². The molecule has 10 heteroatoms. The first kappa shape index (κ1) is 26.7. The van der Waals surface area contributed by atoms with Crippen molar-refractivity contribution >= 4 is 45.4 Å². The quantitative estimate of drug-likeness (QED) is 0.330. The molecule has 4 aromatic rings. The van der Waals surface area contributed by atoms with Gasteiger partial charge in [-0.3, -0.25) is 13.9 Å². The van der Waals surface area contributed by atoms with Gasteiger partial charge in [0.2, 0.25) is 11.9 Å². The van der Waals surface area contributed by atoms with E-state index in [-0.39, 0.29) is 5.91 Å². The largest absolute Gasteiger partial charge is 0.755 e. The van der Waals surface area contributed by atoms with Crippen LogP contribution in [-0.2, 0) is 22.6 Å². The van der Waals surface area contributed by atoms with Crippen molar-refractivity contribution in [3.63, 3.8) is 0 Å². The van der Waals surface area contributed by atoms with Gasteiger partial charge in [-0.1, -0.05) is 42.5 Å². The van der Waals surface area contributed by atoms with Gasteiger partial charge in [0.25, 0.3) is 0 Å². The van der Waals surface area contributed by atoms with Gasteiger partial charge in [-0.2, -0.15) is 0 Å². The topological polar surface area (TPSA) is 105 Å². The predicted molar refractivity (Wildman–Crippen MR) is 154 cm³/mol. The van der Waals surface area contributed by atoms with Gasteiger partial charge in [-0.05, 0) is 42.3 Å². The van der Waals surface area contributed by atoms with Crippen LogP contribution in [0.2, 0.25) is 0 Å². The van der Waals surface area contributed by atoms with Crippen LogP contribution in [0.1, 0.15) is 19.4 Å². The van der Waals surface area contributed by atoms with E-state index in [0.29, 0.717) is 18.2 Å². The monoisotopic (exact) mass is 543 g/mol. The van der Waals surface area contributed by atoms with E-state index in [9.17, 15) is 13.6 Å². The minimum absolute atomic E-state index is 0.136. The zero-order chi connectivity index (χ0) is 27.4. The first-order valence-corrected chi connectivity index (χ1v) is 14.0. The van der Waals surface area contributed by atoms with E-state index in [1.165, 1.54) is 9.87 Å². The molecule has 0 radical (unpaired) electrons. The molecule has 5 rings (SSSR count). The van der Waals surface area contributed by atoms with Crippen LogP contribution >= 0.6 is 0 Å². The number of amides is 1. The number of nitrogens with one attached hydrogen (secondary N) is 1. The Labute approximate surface area is 230 Å². The summed E-state index contributed by atoms with van der Waals surface area (Å²) in [6.07, 6.45) is 1.81. The normalized spacial score (nSPS) is 14.8. The summed E-state index contributed by atoms with van der Waals surface area (Å²) >= 11 is -2.32. The van der Waals surface area contributed by atoms with Crippen molar-refractivity contribution in [1.82, 2.24) is 19.8 Å². The highest BCUT2D eigenvalue weighted by atomic mass is 32.2. The van der Waals surface area contributed by atoms with Crippen molar-refractivity contribution in [2.75, 3.05) is 42.3 Å². The summed E-state index contributed by atoms with van der Waals surface area (Å²) in [6, 6.07) is 21.6. The number of fused-ring (bicyclic) bond motifs is 1. The van der Waals surface area contributed by atoms with Crippen molar-refractivity contribution in [2.24, 2.45) is 0 Å². The molecular weight excluding hydrogens is 512 g/mol. The third kappa shape index (κ3) is 6.25. The highest BCUT2D eigenvalue weighted by Crippen LogP contribution is 2.30. The summed E-state index contributed by atoms with van der Waals surface area (Å²) in [6.45, 7) is 7.85. The van der Waals surface area contributed by atoms with E-state index < -0.39 is 11.3 Å². The number of piperazine rings is 1. The van der Waals surface area contributed by atoms with E-state index >= 15 is 0 Å². The Morgan fingerprint density at radius 3 is 2.49 bits per heavy atom.